The number of aryl methyl sites for hydroxylation is 1. The molecular formula is C27H26N6O2S2. The fourth-order valence-electron chi connectivity index (χ4n) is 4.05. The summed E-state index contributed by atoms with van der Waals surface area (Å²) in [5.74, 6) is 0.509. The maximum Gasteiger partial charge on any atom is 0.253 e. The first-order chi connectivity index (χ1) is 18.0. The standard InChI is InChI=1S/C27H26N6O2S2/c1-18-10-12-19(13-11-18)22-15-21(23-9-6-14-36-23)31-33(22)25(34)17-37-27-30-29-24(32(27)2)16-28-26(35)20-7-4-3-5-8-20/h3-14,22H,15-17H2,1-2H3,(H,28,35)/t22-/m0/s1. The lowest BCUT2D eigenvalue weighted by atomic mass is 10.00. The zero-order valence-electron chi connectivity index (χ0n) is 20.5. The van der Waals surface area contributed by atoms with Crippen LogP contribution in [-0.4, -0.2) is 43.1 Å². The van der Waals surface area contributed by atoms with Crippen molar-refractivity contribution in [1.82, 2.24) is 25.1 Å². The van der Waals surface area contributed by atoms with E-state index in [-0.39, 0.29) is 30.2 Å². The molecule has 0 fully saturated rings. The third-order valence-electron chi connectivity index (χ3n) is 6.13. The van der Waals surface area contributed by atoms with Crippen LogP contribution in [0.3, 0.4) is 0 Å². The van der Waals surface area contributed by atoms with E-state index in [0.717, 1.165) is 16.2 Å². The average molecular weight is 531 g/mol. The first kappa shape index (κ1) is 24.9. The van der Waals surface area contributed by atoms with Crippen molar-refractivity contribution in [1.29, 1.82) is 0 Å². The van der Waals surface area contributed by atoms with Gasteiger partial charge >= 0.3 is 0 Å². The number of thioether (sulfide) groups is 1. The van der Waals surface area contributed by atoms with Gasteiger partial charge in [0.15, 0.2) is 11.0 Å². The van der Waals surface area contributed by atoms with Crippen LogP contribution in [-0.2, 0) is 18.4 Å². The molecule has 1 aliphatic rings. The summed E-state index contributed by atoms with van der Waals surface area (Å²) in [6.45, 7) is 2.29. The zero-order chi connectivity index (χ0) is 25.8. The number of thiophene rings is 1. The van der Waals surface area contributed by atoms with Gasteiger partial charge in [-0.25, -0.2) is 5.01 Å². The Kier molecular flexibility index (Phi) is 7.47. The van der Waals surface area contributed by atoms with Gasteiger partial charge in [0.1, 0.15) is 0 Å². The van der Waals surface area contributed by atoms with Crippen LogP contribution in [0.4, 0.5) is 0 Å². The van der Waals surface area contributed by atoms with Crippen molar-refractivity contribution in [3.8, 4) is 0 Å². The van der Waals surface area contributed by atoms with Crippen molar-refractivity contribution in [2.24, 2.45) is 12.1 Å². The smallest absolute Gasteiger partial charge is 0.253 e. The zero-order valence-corrected chi connectivity index (χ0v) is 22.1. The molecule has 2 aromatic carbocycles. The molecule has 188 valence electrons. The summed E-state index contributed by atoms with van der Waals surface area (Å²) in [4.78, 5) is 26.8. The molecule has 5 rings (SSSR count). The van der Waals surface area contributed by atoms with Crippen molar-refractivity contribution in [2.75, 3.05) is 5.75 Å². The molecule has 2 amide bonds. The number of hydrogen-bond acceptors (Lipinski definition) is 7. The number of amides is 2. The molecule has 8 nitrogen and oxygen atoms in total. The average Bonchev–Trinajstić information content (AvgIpc) is 3.67. The highest BCUT2D eigenvalue weighted by Crippen LogP contribution is 2.34. The highest BCUT2D eigenvalue weighted by Gasteiger charge is 2.33. The first-order valence-corrected chi connectivity index (χ1v) is 13.7. The fourth-order valence-corrected chi connectivity index (χ4v) is 5.55. The molecule has 4 aromatic rings. The van der Waals surface area contributed by atoms with E-state index >= 15 is 0 Å². The lowest BCUT2D eigenvalue weighted by Crippen LogP contribution is -2.28. The summed E-state index contributed by atoms with van der Waals surface area (Å²) < 4.78 is 1.80. The number of carbonyl (C=O) groups is 2. The lowest BCUT2D eigenvalue weighted by Gasteiger charge is -2.22. The van der Waals surface area contributed by atoms with E-state index in [1.54, 1.807) is 33.0 Å². The Balaban J connectivity index is 1.25. The highest BCUT2D eigenvalue weighted by atomic mass is 32.2. The Bertz CT molecular complexity index is 1420. The Morgan fingerprint density at radius 2 is 1.84 bits per heavy atom. The summed E-state index contributed by atoms with van der Waals surface area (Å²) in [6, 6.07) is 21.2. The molecule has 3 heterocycles. The van der Waals surface area contributed by atoms with Crippen LogP contribution in [0, 0.1) is 6.92 Å². The van der Waals surface area contributed by atoms with Crippen LogP contribution in [0.15, 0.2) is 82.4 Å². The van der Waals surface area contributed by atoms with Gasteiger partial charge in [0.2, 0.25) is 0 Å². The monoisotopic (exact) mass is 530 g/mol. The molecule has 10 heteroatoms. The number of nitrogens with zero attached hydrogens (tertiary/aromatic N) is 5. The number of hydrogen-bond donors (Lipinski definition) is 1. The minimum absolute atomic E-state index is 0.0935. The molecule has 1 atom stereocenters. The second-order valence-corrected chi connectivity index (χ2v) is 10.6. The van der Waals surface area contributed by atoms with Crippen molar-refractivity contribution >= 4 is 40.6 Å². The van der Waals surface area contributed by atoms with Gasteiger partial charge < -0.3 is 9.88 Å². The minimum Gasteiger partial charge on any atom is -0.345 e. The fraction of sp³-hybridized carbons (Fsp3) is 0.222. The molecule has 1 N–H and O–H groups in total. The maximum absolute atomic E-state index is 13.4. The van der Waals surface area contributed by atoms with E-state index < -0.39 is 0 Å². The van der Waals surface area contributed by atoms with Gasteiger partial charge in [-0.3, -0.25) is 9.59 Å². The molecular weight excluding hydrogens is 504 g/mol. The van der Waals surface area contributed by atoms with Gasteiger partial charge in [-0.1, -0.05) is 65.9 Å². The molecule has 0 saturated carbocycles. The molecule has 0 bridgehead atoms. The van der Waals surface area contributed by atoms with E-state index in [0.29, 0.717) is 23.0 Å². The molecule has 37 heavy (non-hydrogen) atoms. The van der Waals surface area contributed by atoms with Gasteiger partial charge in [0.05, 0.1) is 28.9 Å². The molecule has 0 spiro atoms. The molecule has 2 aromatic heterocycles. The van der Waals surface area contributed by atoms with Crippen LogP contribution < -0.4 is 5.32 Å². The number of rotatable bonds is 8. The minimum atomic E-state index is -0.177. The largest absolute Gasteiger partial charge is 0.345 e. The van der Waals surface area contributed by atoms with E-state index in [1.807, 2.05) is 49.7 Å². The van der Waals surface area contributed by atoms with Crippen LogP contribution >= 0.6 is 23.1 Å². The van der Waals surface area contributed by atoms with Gasteiger partial charge in [-0.05, 0) is 36.1 Å². The van der Waals surface area contributed by atoms with Crippen LogP contribution in [0.5, 0.6) is 0 Å². The Labute approximate surface area is 223 Å². The summed E-state index contributed by atoms with van der Waals surface area (Å²) in [7, 11) is 1.83. The second kappa shape index (κ2) is 11.1. The van der Waals surface area contributed by atoms with Crippen molar-refractivity contribution < 1.29 is 9.59 Å². The lowest BCUT2D eigenvalue weighted by molar-refractivity contribution is -0.130. The molecule has 1 aliphatic heterocycles. The van der Waals surface area contributed by atoms with Gasteiger partial charge in [0, 0.05) is 19.0 Å². The van der Waals surface area contributed by atoms with Gasteiger partial charge in [-0.2, -0.15) is 5.10 Å². The van der Waals surface area contributed by atoms with Crippen molar-refractivity contribution in [3.05, 3.63) is 99.5 Å². The number of hydrazone groups is 1. The van der Waals surface area contributed by atoms with Crippen LogP contribution in [0.1, 0.15) is 44.6 Å². The SMILES string of the molecule is Cc1ccc([C@@H]2CC(c3cccs3)=NN2C(=O)CSc2nnc(CNC(=O)c3ccccc3)n2C)cc1. The van der Waals surface area contributed by atoms with Crippen LogP contribution in [0.2, 0.25) is 0 Å². The number of nitrogens with one attached hydrogen (secondary N) is 1. The summed E-state index contributed by atoms with van der Waals surface area (Å²) >= 11 is 2.94. The third kappa shape index (κ3) is 5.65. The number of carbonyl (C=O) groups excluding carboxylic acids is 2. The van der Waals surface area contributed by atoms with Crippen LogP contribution in [0.25, 0.3) is 0 Å². The predicted octanol–water partition coefficient (Wildman–Crippen LogP) is 4.59. The molecule has 0 aliphatic carbocycles. The van der Waals surface area contributed by atoms with E-state index in [4.69, 9.17) is 5.10 Å². The van der Waals surface area contributed by atoms with Gasteiger partial charge in [-0.15, -0.1) is 21.5 Å². The summed E-state index contributed by atoms with van der Waals surface area (Å²) in [5, 5.41) is 20.3. The van der Waals surface area contributed by atoms with E-state index in [9.17, 15) is 9.59 Å². The third-order valence-corrected chi connectivity index (χ3v) is 8.05. The van der Waals surface area contributed by atoms with Gasteiger partial charge in [0.25, 0.3) is 11.8 Å². The first-order valence-electron chi connectivity index (χ1n) is 11.8. The summed E-state index contributed by atoms with van der Waals surface area (Å²) in [5.41, 5.74) is 3.75. The van der Waals surface area contributed by atoms with E-state index in [2.05, 4.69) is 39.8 Å². The maximum atomic E-state index is 13.4. The normalized spacial score (nSPS) is 15.0. The van der Waals surface area contributed by atoms with E-state index in [1.165, 1.54) is 17.3 Å². The Morgan fingerprint density at radius 1 is 1.05 bits per heavy atom. The second-order valence-electron chi connectivity index (χ2n) is 8.69. The quantitative estimate of drug-likeness (QED) is 0.337. The Morgan fingerprint density at radius 3 is 2.57 bits per heavy atom. The molecule has 0 unspecified atom stereocenters. The topological polar surface area (TPSA) is 92.5 Å². The van der Waals surface area contributed by atoms with Crippen molar-refractivity contribution in [3.63, 3.8) is 0 Å². The van der Waals surface area contributed by atoms with Crippen molar-refractivity contribution in [2.45, 2.75) is 31.1 Å². The molecule has 0 radical (unpaired) electrons. The number of aromatic nitrogens is 3. The predicted molar refractivity (Wildman–Crippen MR) is 146 cm³/mol. The Hall–Kier alpha value is -3.76. The summed E-state index contributed by atoms with van der Waals surface area (Å²) in [6.07, 6.45) is 0.676. The molecule has 0 saturated heterocycles. The highest BCUT2D eigenvalue weighted by molar-refractivity contribution is 7.99. The number of benzene rings is 2.